The minimum Gasteiger partial charge on any atom is -0.482 e. The van der Waals surface area contributed by atoms with Gasteiger partial charge in [-0.25, -0.2) is 4.79 Å². The average molecular weight is 523 g/mol. The van der Waals surface area contributed by atoms with Crippen LogP contribution in [-0.4, -0.2) is 23.4 Å². The predicted octanol–water partition coefficient (Wildman–Crippen LogP) is 8.56. The molecule has 0 aliphatic heterocycles. The third kappa shape index (κ3) is 6.13. The van der Waals surface area contributed by atoms with Crippen molar-refractivity contribution >= 4 is 44.7 Å². The van der Waals surface area contributed by atoms with Crippen molar-refractivity contribution in [1.82, 2.24) is 0 Å². The topological polar surface area (TPSA) is 46.5 Å². The zero-order chi connectivity index (χ0) is 25.6. The smallest absolute Gasteiger partial charge is 0.341 e. The summed E-state index contributed by atoms with van der Waals surface area (Å²) in [6.07, 6.45) is 2.30. The molecule has 37 heavy (non-hydrogen) atoms. The van der Waals surface area contributed by atoms with Crippen LogP contribution in [0.15, 0.2) is 114 Å². The van der Waals surface area contributed by atoms with Crippen molar-refractivity contribution < 1.29 is 14.6 Å². The summed E-state index contributed by atoms with van der Waals surface area (Å²) in [6.45, 7) is 1.60. The van der Waals surface area contributed by atoms with Crippen molar-refractivity contribution in [3.05, 3.63) is 125 Å². The molecule has 5 aromatic rings. The van der Waals surface area contributed by atoms with E-state index in [1.54, 1.807) is 11.8 Å². The highest BCUT2D eigenvalue weighted by Crippen LogP contribution is 2.36. The summed E-state index contributed by atoms with van der Waals surface area (Å²) >= 11 is 3.57. The Morgan fingerprint density at radius 2 is 1.62 bits per heavy atom. The molecule has 0 fully saturated rings. The molecule has 3 nitrogen and oxygen atoms in total. The number of benzene rings is 4. The van der Waals surface area contributed by atoms with Crippen LogP contribution in [0.3, 0.4) is 0 Å². The second-order valence-electron chi connectivity index (χ2n) is 8.63. The Labute approximate surface area is 225 Å². The molecule has 4 aromatic carbocycles. The fraction of sp³-hybridized carbons (Fsp3) is 0.0938. The van der Waals surface area contributed by atoms with Crippen LogP contribution >= 0.6 is 23.1 Å². The van der Waals surface area contributed by atoms with E-state index in [-0.39, 0.29) is 6.61 Å². The van der Waals surface area contributed by atoms with Crippen molar-refractivity contribution in [2.45, 2.75) is 11.8 Å². The maximum absolute atomic E-state index is 10.8. The number of carbonyl (C=O) groups is 1. The van der Waals surface area contributed by atoms with Gasteiger partial charge in [0.2, 0.25) is 0 Å². The number of carboxylic acid groups (broad SMARTS) is 1. The highest BCUT2D eigenvalue weighted by atomic mass is 32.2. The summed E-state index contributed by atoms with van der Waals surface area (Å²) in [5.41, 5.74) is 5.77. The molecule has 1 aromatic heterocycles. The molecule has 0 unspecified atom stereocenters. The van der Waals surface area contributed by atoms with Gasteiger partial charge in [-0.2, -0.15) is 0 Å². The molecule has 184 valence electrons. The first-order valence-corrected chi connectivity index (χ1v) is 13.8. The van der Waals surface area contributed by atoms with E-state index in [0.717, 1.165) is 16.2 Å². The third-order valence-corrected chi connectivity index (χ3v) is 8.10. The number of hydrogen-bond donors (Lipinski definition) is 1. The lowest BCUT2D eigenvalue weighted by atomic mass is 9.99. The molecule has 0 spiro atoms. The second kappa shape index (κ2) is 11.5. The van der Waals surface area contributed by atoms with Crippen LogP contribution in [0.1, 0.15) is 16.0 Å². The van der Waals surface area contributed by atoms with Crippen LogP contribution in [0.5, 0.6) is 5.75 Å². The fourth-order valence-electron chi connectivity index (χ4n) is 4.18. The molecule has 0 amide bonds. The molecule has 0 atom stereocenters. The van der Waals surface area contributed by atoms with E-state index >= 15 is 0 Å². The summed E-state index contributed by atoms with van der Waals surface area (Å²) in [5, 5.41) is 10.1. The lowest BCUT2D eigenvalue weighted by Gasteiger charge is -2.10. The summed E-state index contributed by atoms with van der Waals surface area (Å²) < 4.78 is 6.64. The highest BCUT2D eigenvalue weighted by Gasteiger charge is 2.11. The molecule has 1 N–H and O–H groups in total. The maximum atomic E-state index is 10.8. The molecule has 0 saturated heterocycles. The van der Waals surface area contributed by atoms with Crippen LogP contribution < -0.4 is 4.74 Å². The Hall–Kier alpha value is -3.80. The van der Waals surface area contributed by atoms with Crippen LogP contribution in [-0.2, 0) is 4.79 Å². The molecular weight excluding hydrogens is 496 g/mol. The number of aliphatic carboxylic acids is 1. The number of carboxylic acids is 1. The number of hydrogen-bond acceptors (Lipinski definition) is 4. The van der Waals surface area contributed by atoms with E-state index < -0.39 is 5.97 Å². The summed E-state index contributed by atoms with van der Waals surface area (Å²) in [7, 11) is 0. The largest absolute Gasteiger partial charge is 0.482 e. The second-order valence-corrected chi connectivity index (χ2v) is 10.8. The molecule has 0 aliphatic rings. The van der Waals surface area contributed by atoms with Crippen molar-refractivity contribution in [3.63, 3.8) is 0 Å². The van der Waals surface area contributed by atoms with Gasteiger partial charge in [0.15, 0.2) is 6.61 Å². The van der Waals surface area contributed by atoms with Crippen LogP contribution in [0, 0.1) is 6.92 Å². The summed E-state index contributed by atoms with van der Waals surface area (Å²) in [6, 6.07) is 35.9. The molecule has 0 aliphatic carbocycles. The zero-order valence-corrected chi connectivity index (χ0v) is 22.0. The first-order valence-electron chi connectivity index (χ1n) is 12.0. The van der Waals surface area contributed by atoms with E-state index in [2.05, 4.69) is 84.9 Å². The highest BCUT2D eigenvalue weighted by molar-refractivity contribution is 7.99. The van der Waals surface area contributed by atoms with Gasteiger partial charge in [-0.1, -0.05) is 78.9 Å². The quantitative estimate of drug-likeness (QED) is 0.197. The summed E-state index contributed by atoms with van der Waals surface area (Å²) in [5.74, 6) is 0.430. The van der Waals surface area contributed by atoms with Crippen LogP contribution in [0.2, 0.25) is 0 Å². The lowest BCUT2D eigenvalue weighted by Crippen LogP contribution is -2.09. The van der Waals surface area contributed by atoms with Gasteiger partial charge in [-0.15, -0.1) is 23.1 Å². The average Bonchev–Trinajstić information content (AvgIpc) is 3.35. The Balaban J connectivity index is 1.40. The number of thioether (sulfide) groups is 1. The van der Waals surface area contributed by atoms with Gasteiger partial charge in [0.25, 0.3) is 0 Å². The first kappa shape index (κ1) is 24.9. The van der Waals surface area contributed by atoms with Gasteiger partial charge in [-0.3, -0.25) is 0 Å². The van der Waals surface area contributed by atoms with Gasteiger partial charge in [-0.05, 0) is 70.5 Å². The number of aryl methyl sites for hydroxylation is 1. The van der Waals surface area contributed by atoms with E-state index in [4.69, 9.17) is 9.84 Å². The molecule has 0 bridgehead atoms. The van der Waals surface area contributed by atoms with Crippen molar-refractivity contribution in [1.29, 1.82) is 0 Å². The predicted molar refractivity (Wildman–Crippen MR) is 156 cm³/mol. The van der Waals surface area contributed by atoms with Gasteiger partial charge >= 0.3 is 5.97 Å². The molecule has 1 heterocycles. The number of ether oxygens (including phenoxy) is 1. The fourth-order valence-corrected chi connectivity index (χ4v) is 6.17. The Kier molecular flexibility index (Phi) is 7.73. The Bertz CT molecular complexity index is 1520. The molecule has 0 radical (unpaired) electrons. The standard InChI is InChI=1S/C32H26O3S2/c1-22-19-27(15-16-29(22)35-21-32(33)34)36-18-17-28(31-20-26-9-5-6-10-30(26)37-31)25-13-11-24(12-14-25)23-7-3-2-4-8-23/h2-17,19-20H,18,21H2,1H3,(H,33,34). The maximum Gasteiger partial charge on any atom is 0.341 e. The molecular formula is C32H26O3S2. The molecule has 5 rings (SSSR count). The van der Waals surface area contributed by atoms with Crippen LogP contribution in [0.25, 0.3) is 26.8 Å². The SMILES string of the molecule is Cc1cc(SCC=C(c2ccc(-c3ccccc3)cc2)c2cc3ccccc3s2)ccc1OCC(=O)O. The van der Waals surface area contributed by atoms with Crippen molar-refractivity contribution in [2.24, 2.45) is 0 Å². The molecule has 5 heteroatoms. The normalized spacial score (nSPS) is 11.5. The zero-order valence-electron chi connectivity index (χ0n) is 20.4. The van der Waals surface area contributed by atoms with Crippen molar-refractivity contribution in [3.8, 4) is 16.9 Å². The van der Waals surface area contributed by atoms with Gasteiger partial charge in [0.05, 0.1) is 0 Å². The van der Waals surface area contributed by atoms with E-state index in [9.17, 15) is 4.79 Å². The third-order valence-electron chi connectivity index (χ3n) is 6.03. The number of thiophene rings is 1. The summed E-state index contributed by atoms with van der Waals surface area (Å²) in [4.78, 5) is 13.2. The first-order chi connectivity index (χ1) is 18.1. The Morgan fingerprint density at radius 1 is 0.892 bits per heavy atom. The van der Waals surface area contributed by atoms with Crippen molar-refractivity contribution in [2.75, 3.05) is 12.4 Å². The lowest BCUT2D eigenvalue weighted by molar-refractivity contribution is -0.139. The molecule has 0 saturated carbocycles. The van der Waals surface area contributed by atoms with E-state index in [0.29, 0.717) is 5.75 Å². The Morgan fingerprint density at radius 3 is 2.35 bits per heavy atom. The van der Waals surface area contributed by atoms with E-state index in [1.165, 1.54) is 37.2 Å². The van der Waals surface area contributed by atoms with Gasteiger partial charge < -0.3 is 9.84 Å². The number of rotatable bonds is 9. The minimum absolute atomic E-state index is 0.336. The van der Waals surface area contributed by atoms with Gasteiger partial charge in [0.1, 0.15) is 5.75 Å². The minimum atomic E-state index is -0.978. The van der Waals surface area contributed by atoms with E-state index in [1.807, 2.05) is 42.5 Å². The monoisotopic (exact) mass is 522 g/mol. The number of fused-ring (bicyclic) bond motifs is 1. The van der Waals surface area contributed by atoms with Crippen LogP contribution in [0.4, 0.5) is 0 Å². The van der Waals surface area contributed by atoms with Gasteiger partial charge in [0, 0.05) is 20.2 Å².